The molecule has 6 nitrogen and oxygen atoms in total. The molecule has 7 heteroatoms. The van der Waals surface area contributed by atoms with Crippen molar-refractivity contribution < 1.29 is 0 Å². The number of nitrogens with zero attached hydrogens (tertiary/aromatic N) is 5. The zero-order chi connectivity index (χ0) is 13.4. The number of nitrogens with two attached hydrogens (primary N) is 1. The Morgan fingerprint density at radius 3 is 2.79 bits per heavy atom. The standard InChI is InChI=1S/C12H11BrN6/c1-19-11(12(13)17-18-19)9(14)7-3-2-4-8-10(7)16-6-5-15-8/h2-6,9H,14H2,1H3. The summed E-state index contributed by atoms with van der Waals surface area (Å²) in [4.78, 5) is 8.65. The smallest absolute Gasteiger partial charge is 0.153 e. The number of halogens is 1. The minimum Gasteiger partial charge on any atom is -0.319 e. The van der Waals surface area contributed by atoms with Crippen molar-refractivity contribution in [1.82, 2.24) is 25.0 Å². The van der Waals surface area contributed by atoms with Crippen LogP contribution in [0.4, 0.5) is 0 Å². The lowest BCUT2D eigenvalue weighted by Crippen LogP contribution is -2.17. The Balaban J connectivity index is 2.20. The number of aryl methyl sites for hydroxylation is 1. The fourth-order valence-electron chi connectivity index (χ4n) is 2.08. The van der Waals surface area contributed by atoms with Crippen LogP contribution in [0.1, 0.15) is 17.3 Å². The van der Waals surface area contributed by atoms with Crippen molar-refractivity contribution >= 4 is 27.0 Å². The van der Waals surface area contributed by atoms with Gasteiger partial charge >= 0.3 is 0 Å². The molecule has 0 aliphatic heterocycles. The summed E-state index contributed by atoms with van der Waals surface area (Å²) in [6.07, 6.45) is 3.33. The Hall–Kier alpha value is -1.86. The molecule has 2 heterocycles. The minimum atomic E-state index is -0.366. The first-order chi connectivity index (χ1) is 9.18. The summed E-state index contributed by atoms with van der Waals surface area (Å²) in [5.74, 6) is 0. The Morgan fingerprint density at radius 1 is 1.26 bits per heavy atom. The van der Waals surface area contributed by atoms with Crippen LogP contribution in [-0.2, 0) is 7.05 Å². The number of fused-ring (bicyclic) bond motifs is 1. The topological polar surface area (TPSA) is 82.5 Å². The molecule has 0 aliphatic rings. The molecule has 96 valence electrons. The van der Waals surface area contributed by atoms with E-state index in [9.17, 15) is 0 Å². The van der Waals surface area contributed by atoms with E-state index in [-0.39, 0.29) is 6.04 Å². The molecule has 1 unspecified atom stereocenters. The van der Waals surface area contributed by atoms with Gasteiger partial charge < -0.3 is 5.73 Å². The Bertz CT molecular complexity index is 713. The first-order valence-electron chi connectivity index (χ1n) is 5.69. The summed E-state index contributed by atoms with van der Waals surface area (Å²) in [7, 11) is 1.81. The van der Waals surface area contributed by atoms with Gasteiger partial charge in [-0.3, -0.25) is 9.97 Å². The average molecular weight is 319 g/mol. The summed E-state index contributed by atoms with van der Waals surface area (Å²) < 4.78 is 2.30. The molecule has 0 fully saturated rings. The van der Waals surface area contributed by atoms with Crippen LogP contribution in [0.15, 0.2) is 35.2 Å². The fraction of sp³-hybridized carbons (Fsp3) is 0.167. The third kappa shape index (κ3) is 2.00. The number of rotatable bonds is 2. The van der Waals surface area contributed by atoms with E-state index < -0.39 is 0 Å². The van der Waals surface area contributed by atoms with Crippen molar-refractivity contribution in [2.45, 2.75) is 6.04 Å². The lowest BCUT2D eigenvalue weighted by molar-refractivity contribution is 0.652. The highest BCUT2D eigenvalue weighted by Gasteiger charge is 2.20. The van der Waals surface area contributed by atoms with Crippen LogP contribution in [0, 0.1) is 0 Å². The molecule has 3 rings (SSSR count). The molecule has 0 bridgehead atoms. The molecule has 0 saturated carbocycles. The highest BCUT2D eigenvalue weighted by atomic mass is 79.9. The van der Waals surface area contributed by atoms with E-state index in [4.69, 9.17) is 5.73 Å². The predicted octanol–water partition coefficient (Wildman–Crippen LogP) is 1.57. The zero-order valence-electron chi connectivity index (χ0n) is 10.2. The van der Waals surface area contributed by atoms with E-state index in [1.807, 2.05) is 25.2 Å². The van der Waals surface area contributed by atoms with Gasteiger partial charge in [0.25, 0.3) is 0 Å². The van der Waals surface area contributed by atoms with Gasteiger partial charge in [-0.2, -0.15) is 0 Å². The molecule has 0 spiro atoms. The quantitative estimate of drug-likeness (QED) is 0.775. The fourth-order valence-corrected chi connectivity index (χ4v) is 2.66. The molecule has 19 heavy (non-hydrogen) atoms. The van der Waals surface area contributed by atoms with Gasteiger partial charge in [-0.25, -0.2) is 4.68 Å². The third-order valence-corrected chi connectivity index (χ3v) is 3.55. The summed E-state index contributed by atoms with van der Waals surface area (Å²) >= 11 is 3.37. The summed E-state index contributed by atoms with van der Waals surface area (Å²) in [6, 6.07) is 5.41. The lowest BCUT2D eigenvalue weighted by Gasteiger charge is -2.13. The maximum atomic E-state index is 6.33. The van der Waals surface area contributed by atoms with Gasteiger partial charge in [0.1, 0.15) is 0 Å². The van der Waals surface area contributed by atoms with Crippen molar-refractivity contribution in [3.05, 3.63) is 46.5 Å². The summed E-state index contributed by atoms with van der Waals surface area (Å²) in [5.41, 5.74) is 9.65. The van der Waals surface area contributed by atoms with Crippen molar-refractivity contribution in [3.8, 4) is 0 Å². The second-order valence-corrected chi connectivity index (χ2v) is 4.89. The summed E-state index contributed by atoms with van der Waals surface area (Å²) in [5, 5.41) is 7.90. The van der Waals surface area contributed by atoms with Crippen LogP contribution in [0.25, 0.3) is 11.0 Å². The van der Waals surface area contributed by atoms with E-state index in [1.54, 1.807) is 17.1 Å². The molecule has 2 N–H and O–H groups in total. The van der Waals surface area contributed by atoms with E-state index in [0.717, 1.165) is 22.3 Å². The molecule has 0 aliphatic carbocycles. The molecule has 0 amide bonds. The van der Waals surface area contributed by atoms with Gasteiger partial charge in [-0.15, -0.1) is 5.10 Å². The van der Waals surface area contributed by atoms with Crippen LogP contribution in [0.2, 0.25) is 0 Å². The number of para-hydroxylation sites is 1. The lowest BCUT2D eigenvalue weighted by atomic mass is 10.0. The molecule has 0 radical (unpaired) electrons. The van der Waals surface area contributed by atoms with Gasteiger partial charge in [0, 0.05) is 25.0 Å². The Morgan fingerprint density at radius 2 is 2.05 bits per heavy atom. The van der Waals surface area contributed by atoms with E-state index in [1.165, 1.54) is 0 Å². The van der Waals surface area contributed by atoms with Crippen LogP contribution < -0.4 is 5.73 Å². The molecule has 2 aromatic heterocycles. The van der Waals surface area contributed by atoms with E-state index in [2.05, 4.69) is 36.2 Å². The number of hydrogen-bond acceptors (Lipinski definition) is 5. The molecule has 0 saturated heterocycles. The van der Waals surface area contributed by atoms with Crippen LogP contribution in [0.5, 0.6) is 0 Å². The van der Waals surface area contributed by atoms with Crippen molar-refractivity contribution in [1.29, 1.82) is 0 Å². The Labute approximate surface area is 117 Å². The molecule has 1 atom stereocenters. The Kier molecular flexibility index (Phi) is 3.00. The van der Waals surface area contributed by atoms with Gasteiger partial charge in [-0.05, 0) is 22.0 Å². The van der Waals surface area contributed by atoms with Crippen molar-refractivity contribution in [2.24, 2.45) is 12.8 Å². The van der Waals surface area contributed by atoms with Crippen molar-refractivity contribution in [2.75, 3.05) is 0 Å². The van der Waals surface area contributed by atoms with Crippen LogP contribution >= 0.6 is 15.9 Å². The minimum absolute atomic E-state index is 0.366. The average Bonchev–Trinajstić information content (AvgIpc) is 2.77. The number of hydrogen-bond donors (Lipinski definition) is 1. The van der Waals surface area contributed by atoms with Crippen molar-refractivity contribution in [3.63, 3.8) is 0 Å². The van der Waals surface area contributed by atoms with Crippen LogP contribution in [0.3, 0.4) is 0 Å². The monoisotopic (exact) mass is 318 g/mol. The highest BCUT2D eigenvalue weighted by molar-refractivity contribution is 9.10. The second kappa shape index (κ2) is 4.67. The molecule has 1 aromatic carbocycles. The second-order valence-electron chi connectivity index (χ2n) is 4.14. The maximum absolute atomic E-state index is 6.33. The predicted molar refractivity (Wildman–Crippen MR) is 74.3 cm³/mol. The van der Waals surface area contributed by atoms with E-state index in [0.29, 0.717) is 4.60 Å². The van der Waals surface area contributed by atoms with Gasteiger partial charge in [-0.1, -0.05) is 17.3 Å². The SMILES string of the molecule is Cn1nnc(Br)c1C(N)c1cccc2nccnc12. The van der Waals surface area contributed by atoms with Gasteiger partial charge in [0.2, 0.25) is 0 Å². The highest BCUT2D eigenvalue weighted by Crippen LogP contribution is 2.28. The number of benzene rings is 1. The first-order valence-corrected chi connectivity index (χ1v) is 6.48. The molecule has 3 aromatic rings. The molecular weight excluding hydrogens is 308 g/mol. The maximum Gasteiger partial charge on any atom is 0.153 e. The third-order valence-electron chi connectivity index (χ3n) is 2.99. The first kappa shape index (κ1) is 12.2. The molecular formula is C12H11BrN6. The summed E-state index contributed by atoms with van der Waals surface area (Å²) in [6.45, 7) is 0. The number of aromatic nitrogens is 5. The van der Waals surface area contributed by atoms with E-state index >= 15 is 0 Å². The largest absolute Gasteiger partial charge is 0.319 e. The zero-order valence-corrected chi connectivity index (χ0v) is 11.7. The van der Waals surface area contributed by atoms with Gasteiger partial charge in [0.15, 0.2) is 4.60 Å². The van der Waals surface area contributed by atoms with Gasteiger partial charge in [0.05, 0.1) is 22.8 Å². The van der Waals surface area contributed by atoms with Crippen LogP contribution in [-0.4, -0.2) is 25.0 Å². The normalized spacial score (nSPS) is 12.8.